The van der Waals surface area contributed by atoms with Gasteiger partial charge < -0.3 is 9.80 Å². The van der Waals surface area contributed by atoms with Crippen LogP contribution in [0.2, 0.25) is 0 Å². The quantitative estimate of drug-likeness (QED) is 0.570. The molecule has 1 saturated heterocycles. The molecule has 1 fully saturated rings. The molecule has 1 N–H and O–H groups in total. The first kappa shape index (κ1) is 9.48. The third-order valence-electron chi connectivity index (χ3n) is 2.25. The maximum absolute atomic E-state index is 10.4. The predicted molar refractivity (Wildman–Crippen MR) is 46.7 cm³/mol. The summed E-state index contributed by atoms with van der Waals surface area (Å²) < 4.78 is 0. The normalized spacial score (nSPS) is 21.1. The van der Waals surface area contributed by atoms with Gasteiger partial charge in [0, 0.05) is 39.1 Å². The SMILES string of the molecule is CN1CCN(CCC([NH])=O)CC1. The Bertz CT molecular complexity index is 152. The Hall–Kier alpha value is -0.610. The molecule has 1 radical (unpaired) electrons. The van der Waals surface area contributed by atoms with Crippen molar-refractivity contribution >= 4 is 5.91 Å². The average Bonchev–Trinajstić information content (AvgIpc) is 2.03. The lowest BCUT2D eigenvalue weighted by Gasteiger charge is -2.31. The summed E-state index contributed by atoms with van der Waals surface area (Å²) in [6, 6.07) is 0. The molecule has 0 unspecified atom stereocenters. The second-order valence-corrected chi connectivity index (χ2v) is 3.32. The minimum atomic E-state index is -0.450. The zero-order chi connectivity index (χ0) is 8.97. The van der Waals surface area contributed by atoms with Gasteiger partial charge in [0.25, 0.3) is 0 Å². The molecule has 1 amide bonds. The zero-order valence-corrected chi connectivity index (χ0v) is 7.55. The Morgan fingerprint density at radius 3 is 2.42 bits per heavy atom. The molecule has 0 aromatic rings. The van der Waals surface area contributed by atoms with E-state index in [1.54, 1.807) is 0 Å². The largest absolute Gasteiger partial charge is 0.304 e. The fourth-order valence-electron chi connectivity index (χ4n) is 1.33. The highest BCUT2D eigenvalue weighted by Gasteiger charge is 2.13. The van der Waals surface area contributed by atoms with E-state index in [9.17, 15) is 4.79 Å². The van der Waals surface area contributed by atoms with E-state index in [-0.39, 0.29) is 0 Å². The monoisotopic (exact) mass is 170 g/mol. The van der Waals surface area contributed by atoms with Gasteiger partial charge in [-0.2, -0.15) is 0 Å². The lowest BCUT2D eigenvalue weighted by molar-refractivity contribution is -0.119. The molecule has 0 saturated carbocycles. The molecule has 0 aromatic carbocycles. The van der Waals surface area contributed by atoms with E-state index in [1.807, 2.05) is 0 Å². The number of likely N-dealkylation sites (N-methyl/N-ethyl adjacent to an activating group) is 1. The molecule has 0 bridgehead atoms. The van der Waals surface area contributed by atoms with Crippen molar-refractivity contribution in [3.63, 3.8) is 0 Å². The van der Waals surface area contributed by atoms with E-state index in [0.29, 0.717) is 6.42 Å². The average molecular weight is 170 g/mol. The van der Waals surface area contributed by atoms with Gasteiger partial charge in [0.05, 0.1) is 0 Å². The van der Waals surface area contributed by atoms with Crippen LogP contribution in [-0.4, -0.2) is 55.5 Å². The summed E-state index contributed by atoms with van der Waals surface area (Å²) in [6.45, 7) is 4.97. The number of hydrogen-bond donors (Lipinski definition) is 0. The Morgan fingerprint density at radius 1 is 1.33 bits per heavy atom. The molecule has 1 rings (SSSR count). The van der Waals surface area contributed by atoms with E-state index >= 15 is 0 Å². The van der Waals surface area contributed by atoms with Crippen LogP contribution in [0, 0.1) is 0 Å². The molecule has 1 heterocycles. The van der Waals surface area contributed by atoms with E-state index in [2.05, 4.69) is 16.8 Å². The Kier molecular flexibility index (Phi) is 3.49. The fraction of sp³-hybridized carbons (Fsp3) is 0.875. The van der Waals surface area contributed by atoms with Crippen molar-refractivity contribution in [3.05, 3.63) is 0 Å². The Balaban J connectivity index is 2.13. The number of carbonyl (C=O) groups excluding carboxylic acids is 1. The molecule has 4 heteroatoms. The summed E-state index contributed by atoms with van der Waals surface area (Å²) in [6.07, 6.45) is 0.379. The summed E-state index contributed by atoms with van der Waals surface area (Å²) in [4.78, 5) is 14.9. The minimum Gasteiger partial charge on any atom is -0.304 e. The van der Waals surface area contributed by atoms with Crippen LogP contribution < -0.4 is 5.73 Å². The molecule has 0 aliphatic carbocycles. The van der Waals surface area contributed by atoms with E-state index < -0.39 is 5.91 Å². The van der Waals surface area contributed by atoms with Gasteiger partial charge in [0.1, 0.15) is 0 Å². The molecular weight excluding hydrogens is 154 g/mol. The van der Waals surface area contributed by atoms with Crippen LogP contribution in [0.15, 0.2) is 0 Å². The van der Waals surface area contributed by atoms with Gasteiger partial charge in [-0.25, -0.2) is 0 Å². The van der Waals surface area contributed by atoms with Crippen molar-refractivity contribution in [1.29, 1.82) is 0 Å². The van der Waals surface area contributed by atoms with Gasteiger partial charge in [-0.3, -0.25) is 10.5 Å². The molecule has 4 nitrogen and oxygen atoms in total. The molecule has 69 valence electrons. The van der Waals surface area contributed by atoms with E-state index in [4.69, 9.17) is 5.73 Å². The van der Waals surface area contributed by atoms with Crippen molar-refractivity contribution in [1.82, 2.24) is 15.5 Å². The van der Waals surface area contributed by atoms with Gasteiger partial charge in [0.2, 0.25) is 5.91 Å². The first-order valence-corrected chi connectivity index (χ1v) is 4.34. The third kappa shape index (κ3) is 3.19. The highest BCUT2D eigenvalue weighted by molar-refractivity contribution is 5.73. The number of hydrogen-bond acceptors (Lipinski definition) is 3. The van der Waals surface area contributed by atoms with Crippen LogP contribution >= 0.6 is 0 Å². The van der Waals surface area contributed by atoms with Gasteiger partial charge in [0.15, 0.2) is 0 Å². The summed E-state index contributed by atoms with van der Waals surface area (Å²) in [5.74, 6) is -0.450. The van der Waals surface area contributed by atoms with Crippen LogP contribution in [0.4, 0.5) is 0 Å². The Labute approximate surface area is 73.3 Å². The standard InChI is InChI=1S/C8H16N3O/c1-10-4-6-11(7-5-10)3-2-8(9)12/h9H,2-7H2,1H3. The van der Waals surface area contributed by atoms with Crippen LogP contribution in [0.5, 0.6) is 0 Å². The topological polar surface area (TPSA) is 47.4 Å². The lowest BCUT2D eigenvalue weighted by atomic mass is 10.3. The molecule has 12 heavy (non-hydrogen) atoms. The van der Waals surface area contributed by atoms with Crippen molar-refractivity contribution in [2.24, 2.45) is 0 Å². The summed E-state index contributed by atoms with van der Waals surface area (Å²) >= 11 is 0. The van der Waals surface area contributed by atoms with Crippen LogP contribution in [-0.2, 0) is 4.79 Å². The minimum absolute atomic E-state index is 0.379. The van der Waals surface area contributed by atoms with Gasteiger partial charge >= 0.3 is 0 Å². The van der Waals surface area contributed by atoms with Crippen molar-refractivity contribution < 1.29 is 4.79 Å². The number of nitrogens with zero attached hydrogens (tertiary/aromatic N) is 2. The van der Waals surface area contributed by atoms with Crippen molar-refractivity contribution in [3.8, 4) is 0 Å². The maximum atomic E-state index is 10.4. The number of carbonyl (C=O) groups is 1. The van der Waals surface area contributed by atoms with Crippen molar-refractivity contribution in [2.75, 3.05) is 39.8 Å². The highest BCUT2D eigenvalue weighted by Crippen LogP contribution is 1.99. The number of nitrogens with one attached hydrogen (secondary N) is 1. The van der Waals surface area contributed by atoms with Crippen LogP contribution in [0.1, 0.15) is 6.42 Å². The van der Waals surface area contributed by atoms with Gasteiger partial charge in [-0.1, -0.05) is 0 Å². The van der Waals surface area contributed by atoms with Gasteiger partial charge in [-0.15, -0.1) is 0 Å². The smallest absolute Gasteiger partial charge is 0.239 e. The first-order valence-electron chi connectivity index (χ1n) is 4.34. The zero-order valence-electron chi connectivity index (χ0n) is 7.55. The summed E-state index contributed by atoms with van der Waals surface area (Å²) in [5, 5.41) is 0. The highest BCUT2D eigenvalue weighted by atomic mass is 16.1. The maximum Gasteiger partial charge on any atom is 0.239 e. The summed E-state index contributed by atoms with van der Waals surface area (Å²) in [7, 11) is 2.10. The fourth-order valence-corrected chi connectivity index (χ4v) is 1.33. The molecular formula is C8H16N3O. The number of rotatable bonds is 3. The molecule has 1 aliphatic heterocycles. The second-order valence-electron chi connectivity index (χ2n) is 3.32. The lowest BCUT2D eigenvalue weighted by Crippen LogP contribution is -2.45. The summed E-state index contributed by atoms with van der Waals surface area (Å²) in [5.41, 5.74) is 6.76. The van der Waals surface area contributed by atoms with Gasteiger partial charge in [-0.05, 0) is 7.05 Å². The van der Waals surface area contributed by atoms with E-state index in [0.717, 1.165) is 32.7 Å². The predicted octanol–water partition coefficient (Wildman–Crippen LogP) is -0.567. The van der Waals surface area contributed by atoms with Crippen LogP contribution in [0.3, 0.4) is 0 Å². The third-order valence-corrected chi connectivity index (χ3v) is 2.25. The number of amides is 1. The van der Waals surface area contributed by atoms with Crippen LogP contribution in [0.25, 0.3) is 0 Å². The first-order chi connectivity index (χ1) is 5.68. The van der Waals surface area contributed by atoms with Crippen molar-refractivity contribution in [2.45, 2.75) is 6.42 Å². The van der Waals surface area contributed by atoms with E-state index in [1.165, 1.54) is 0 Å². The molecule has 0 aromatic heterocycles. The second kappa shape index (κ2) is 4.42. The molecule has 1 aliphatic rings. The molecule has 0 spiro atoms. The Morgan fingerprint density at radius 2 is 1.92 bits per heavy atom. The molecule has 0 atom stereocenters. The number of piperazine rings is 1.